The quantitative estimate of drug-likeness (QED) is 0.442. The highest BCUT2D eigenvalue weighted by molar-refractivity contribution is 8.06. The fourth-order valence-electron chi connectivity index (χ4n) is 0.723. The Morgan fingerprint density at radius 2 is 2.17 bits per heavy atom. The molecule has 0 aromatic heterocycles. The minimum Gasteiger partial charge on any atom is -0.255 e. The zero-order valence-corrected chi connectivity index (χ0v) is 8.21. The summed E-state index contributed by atoms with van der Waals surface area (Å²) in [5, 5.41) is 1.51. The predicted molar refractivity (Wildman–Crippen MR) is 52.0 cm³/mol. The van der Waals surface area contributed by atoms with Crippen molar-refractivity contribution in [1.82, 2.24) is 0 Å². The molecule has 0 aliphatic rings. The fraction of sp³-hybridized carbons (Fsp3) is 0. The molecule has 0 saturated carbocycles. The molecule has 0 spiro atoms. The Balaban J connectivity index is 3.23. The second-order valence-electron chi connectivity index (χ2n) is 2.07. The van der Waals surface area contributed by atoms with Crippen molar-refractivity contribution >= 4 is 37.3 Å². The molecule has 0 aliphatic heterocycles. The zero-order valence-electron chi connectivity index (χ0n) is 5.80. The minimum atomic E-state index is -2.01. The molecule has 0 fully saturated rings. The van der Waals surface area contributed by atoms with Crippen LogP contribution in [0.3, 0.4) is 0 Å². The van der Waals surface area contributed by atoms with Gasteiger partial charge in [-0.25, -0.2) is 4.39 Å². The van der Waals surface area contributed by atoms with Crippen LogP contribution in [0.25, 0.3) is 0 Å². The van der Waals surface area contributed by atoms with E-state index in [0.717, 1.165) is 5.37 Å². The van der Waals surface area contributed by atoms with Crippen LogP contribution in [-0.2, 0) is 9.60 Å². The maximum Gasteiger partial charge on any atom is 0.131 e. The lowest BCUT2D eigenvalue weighted by molar-refractivity contribution is 0.626. The standard InChI is InChI=1S/C7H5Cl2FOS/c8-6-1-2-7(10)5(3-6)4-12(9)11/h1-4,12H. The Kier molecular flexibility index (Phi) is 3.38. The average molecular weight is 227 g/mol. The van der Waals surface area contributed by atoms with Crippen molar-refractivity contribution in [3.63, 3.8) is 0 Å². The summed E-state index contributed by atoms with van der Waals surface area (Å²) in [6, 6.07) is 3.98. The van der Waals surface area contributed by atoms with Crippen molar-refractivity contribution in [2.45, 2.75) is 0 Å². The van der Waals surface area contributed by atoms with E-state index in [2.05, 4.69) is 0 Å². The van der Waals surface area contributed by atoms with Crippen LogP contribution in [-0.4, -0.2) is 9.58 Å². The van der Waals surface area contributed by atoms with E-state index in [1.807, 2.05) is 0 Å². The van der Waals surface area contributed by atoms with Gasteiger partial charge in [0.2, 0.25) is 0 Å². The van der Waals surface area contributed by atoms with E-state index >= 15 is 0 Å². The van der Waals surface area contributed by atoms with Gasteiger partial charge in [-0.2, -0.15) is 0 Å². The molecule has 1 atom stereocenters. The second kappa shape index (κ2) is 4.12. The molecule has 1 aromatic rings. The minimum absolute atomic E-state index is 0.165. The first-order valence-corrected chi connectivity index (χ1v) is 5.63. The van der Waals surface area contributed by atoms with Crippen LogP contribution in [0.5, 0.6) is 0 Å². The van der Waals surface area contributed by atoms with E-state index in [-0.39, 0.29) is 5.56 Å². The van der Waals surface area contributed by atoms with Crippen molar-refractivity contribution in [1.29, 1.82) is 0 Å². The summed E-state index contributed by atoms with van der Waals surface area (Å²) in [5.74, 6) is -0.483. The van der Waals surface area contributed by atoms with E-state index in [1.165, 1.54) is 18.2 Å². The van der Waals surface area contributed by atoms with Gasteiger partial charge in [0.25, 0.3) is 0 Å². The highest BCUT2D eigenvalue weighted by atomic mass is 35.7. The first-order valence-electron chi connectivity index (χ1n) is 3.01. The van der Waals surface area contributed by atoms with Crippen molar-refractivity contribution < 1.29 is 8.60 Å². The molecule has 0 saturated heterocycles. The molecule has 0 radical (unpaired) electrons. The van der Waals surface area contributed by atoms with Gasteiger partial charge in [0.05, 0.1) is 0 Å². The first kappa shape index (κ1) is 9.84. The van der Waals surface area contributed by atoms with Crippen LogP contribution < -0.4 is 0 Å². The molecule has 1 aromatic carbocycles. The Bertz CT molecular complexity index is 372. The fourth-order valence-corrected chi connectivity index (χ4v) is 1.64. The summed E-state index contributed by atoms with van der Waals surface area (Å²) in [6.07, 6.45) is 0. The molecular formula is C7H5Cl2FOS. The average Bonchev–Trinajstić information content (AvgIpc) is 1.96. The van der Waals surface area contributed by atoms with Crippen molar-refractivity contribution in [2.75, 3.05) is 0 Å². The van der Waals surface area contributed by atoms with Gasteiger partial charge >= 0.3 is 0 Å². The number of thiol groups is 1. The van der Waals surface area contributed by atoms with E-state index < -0.39 is 15.4 Å². The lowest BCUT2D eigenvalue weighted by Gasteiger charge is -1.95. The molecule has 0 heterocycles. The highest BCUT2D eigenvalue weighted by Crippen LogP contribution is 2.13. The van der Waals surface area contributed by atoms with Gasteiger partial charge in [0, 0.05) is 25.6 Å². The van der Waals surface area contributed by atoms with Crippen molar-refractivity contribution in [3.8, 4) is 0 Å². The van der Waals surface area contributed by atoms with Gasteiger partial charge in [0.1, 0.15) is 5.82 Å². The SMILES string of the molecule is O=[SH](/Cl)=C/c1cc(Cl)ccc1F. The first-order chi connectivity index (χ1) is 5.59. The van der Waals surface area contributed by atoms with Gasteiger partial charge < -0.3 is 0 Å². The van der Waals surface area contributed by atoms with Crippen LogP contribution in [0, 0.1) is 5.82 Å². The summed E-state index contributed by atoms with van der Waals surface area (Å²) >= 11 is 5.58. The lowest BCUT2D eigenvalue weighted by atomic mass is 10.2. The maximum absolute atomic E-state index is 12.9. The Morgan fingerprint density at radius 1 is 1.50 bits per heavy atom. The predicted octanol–water partition coefficient (Wildman–Crippen LogP) is 2.26. The van der Waals surface area contributed by atoms with Gasteiger partial charge in [-0.15, -0.1) is 0 Å². The molecule has 0 amide bonds. The van der Waals surface area contributed by atoms with E-state index in [1.54, 1.807) is 0 Å². The molecule has 66 valence electrons. The van der Waals surface area contributed by atoms with Crippen molar-refractivity contribution in [3.05, 3.63) is 34.6 Å². The molecule has 0 bridgehead atoms. The maximum atomic E-state index is 12.9. The monoisotopic (exact) mass is 226 g/mol. The molecule has 1 nitrogen and oxygen atoms in total. The van der Waals surface area contributed by atoms with Gasteiger partial charge in [-0.05, 0) is 28.9 Å². The number of rotatable bonds is 1. The normalized spacial score (nSPS) is 13.2. The van der Waals surface area contributed by atoms with E-state index in [9.17, 15) is 8.60 Å². The van der Waals surface area contributed by atoms with Gasteiger partial charge in [-0.1, -0.05) is 11.6 Å². The van der Waals surface area contributed by atoms with Crippen LogP contribution in [0.1, 0.15) is 5.56 Å². The van der Waals surface area contributed by atoms with Crippen LogP contribution in [0.4, 0.5) is 4.39 Å². The van der Waals surface area contributed by atoms with E-state index in [0.29, 0.717) is 5.02 Å². The van der Waals surface area contributed by atoms with Crippen LogP contribution in [0.2, 0.25) is 5.02 Å². The summed E-state index contributed by atoms with van der Waals surface area (Å²) < 4.78 is 23.4. The van der Waals surface area contributed by atoms with Gasteiger partial charge in [0.15, 0.2) is 0 Å². The van der Waals surface area contributed by atoms with Crippen molar-refractivity contribution in [2.24, 2.45) is 0 Å². The molecule has 5 heteroatoms. The Morgan fingerprint density at radius 3 is 2.75 bits per heavy atom. The summed E-state index contributed by atoms with van der Waals surface area (Å²) in [7, 11) is 3.17. The summed E-state index contributed by atoms with van der Waals surface area (Å²) in [4.78, 5) is 0. The molecule has 12 heavy (non-hydrogen) atoms. The topological polar surface area (TPSA) is 17.1 Å². The molecule has 1 unspecified atom stereocenters. The number of hydrogen-bond acceptors (Lipinski definition) is 1. The zero-order chi connectivity index (χ0) is 9.14. The third-order valence-electron chi connectivity index (χ3n) is 1.20. The number of hydrogen-bond donors (Lipinski definition) is 1. The largest absolute Gasteiger partial charge is 0.255 e. The summed E-state index contributed by atoms with van der Waals surface area (Å²) in [6.45, 7) is 0. The summed E-state index contributed by atoms with van der Waals surface area (Å²) in [5.41, 5.74) is 0.165. The molecule has 0 aliphatic carbocycles. The third kappa shape index (κ3) is 2.66. The number of benzene rings is 1. The number of halogens is 3. The van der Waals surface area contributed by atoms with E-state index in [4.69, 9.17) is 22.3 Å². The lowest BCUT2D eigenvalue weighted by Crippen LogP contribution is -1.88. The molecule has 0 N–H and O–H groups in total. The molecular weight excluding hydrogens is 222 g/mol. The van der Waals surface area contributed by atoms with Crippen LogP contribution in [0.15, 0.2) is 18.2 Å². The van der Waals surface area contributed by atoms with Crippen LogP contribution >= 0.6 is 22.3 Å². The Hall–Kier alpha value is -0.250. The third-order valence-corrected chi connectivity index (χ3v) is 2.21. The van der Waals surface area contributed by atoms with Gasteiger partial charge in [-0.3, -0.25) is 4.21 Å². The smallest absolute Gasteiger partial charge is 0.131 e. The molecule has 1 rings (SSSR count). The second-order valence-corrected chi connectivity index (χ2v) is 4.31. The highest BCUT2D eigenvalue weighted by Gasteiger charge is 1.98. The Labute approximate surface area is 80.7 Å².